The summed E-state index contributed by atoms with van der Waals surface area (Å²) in [5, 5.41) is 2.65. The molecular weight excluding hydrogens is 272 g/mol. The lowest BCUT2D eigenvalue weighted by atomic mass is 10.2. The van der Waals surface area contributed by atoms with Crippen molar-refractivity contribution in [3.8, 4) is 5.75 Å². The van der Waals surface area contributed by atoms with Gasteiger partial charge in [0.25, 0.3) is 5.91 Å². The first-order chi connectivity index (χ1) is 9.80. The normalized spacial score (nSPS) is 14.3. The number of carbonyl (C=O) groups excluding carboxylic acids is 2. The molecule has 1 N–H and O–H groups in total. The first kappa shape index (κ1) is 15.2. The van der Waals surface area contributed by atoms with Gasteiger partial charge in [-0.15, -0.1) is 0 Å². The largest absolute Gasteiger partial charge is 0.482 e. The van der Waals surface area contributed by atoms with Gasteiger partial charge in [-0.2, -0.15) is 0 Å². The van der Waals surface area contributed by atoms with Crippen molar-refractivity contribution in [2.24, 2.45) is 0 Å². The molecule has 0 fully saturated rings. The molecule has 21 heavy (non-hydrogen) atoms. The minimum Gasteiger partial charge on any atom is -0.482 e. The van der Waals surface area contributed by atoms with Gasteiger partial charge >= 0.3 is 6.09 Å². The number of hydrogen-bond acceptors (Lipinski definition) is 4. The van der Waals surface area contributed by atoms with E-state index >= 15 is 0 Å². The number of anilines is 2. The quantitative estimate of drug-likeness (QED) is 0.910. The van der Waals surface area contributed by atoms with Crippen LogP contribution in [0.5, 0.6) is 5.75 Å². The van der Waals surface area contributed by atoms with Gasteiger partial charge in [0, 0.05) is 12.2 Å². The third-order valence-electron chi connectivity index (χ3n) is 2.86. The molecule has 0 saturated carbocycles. The van der Waals surface area contributed by atoms with Crippen molar-refractivity contribution in [3.63, 3.8) is 0 Å². The number of amides is 2. The zero-order chi connectivity index (χ0) is 15.6. The van der Waals surface area contributed by atoms with Gasteiger partial charge in [0.2, 0.25) is 0 Å². The van der Waals surface area contributed by atoms with Crippen LogP contribution in [0, 0.1) is 0 Å². The Morgan fingerprint density at radius 2 is 2.14 bits per heavy atom. The Bertz CT molecular complexity index is 563. The van der Waals surface area contributed by atoms with Crippen LogP contribution in [0.4, 0.5) is 16.2 Å². The van der Waals surface area contributed by atoms with E-state index in [0.717, 1.165) is 0 Å². The van der Waals surface area contributed by atoms with Crippen LogP contribution in [0.15, 0.2) is 18.2 Å². The second kappa shape index (κ2) is 5.63. The molecule has 6 nitrogen and oxygen atoms in total. The Kier molecular flexibility index (Phi) is 4.06. The standard InChI is InChI=1S/C15H20N2O4/c1-5-17-11-8-10(16-14(19)21-15(2,3)4)6-7-12(11)20-9-13(17)18/h6-8H,5,9H2,1-4H3,(H,16,19). The fourth-order valence-corrected chi connectivity index (χ4v) is 2.05. The Morgan fingerprint density at radius 3 is 2.76 bits per heavy atom. The summed E-state index contributed by atoms with van der Waals surface area (Å²) in [6.07, 6.45) is -0.534. The van der Waals surface area contributed by atoms with Crippen molar-refractivity contribution in [1.82, 2.24) is 0 Å². The molecule has 1 aromatic rings. The van der Waals surface area contributed by atoms with Crippen LogP contribution >= 0.6 is 0 Å². The van der Waals surface area contributed by atoms with Crippen LogP contribution < -0.4 is 15.0 Å². The molecule has 2 rings (SSSR count). The summed E-state index contributed by atoms with van der Waals surface area (Å²) in [6.45, 7) is 7.87. The van der Waals surface area contributed by atoms with E-state index in [4.69, 9.17) is 9.47 Å². The smallest absolute Gasteiger partial charge is 0.412 e. The Morgan fingerprint density at radius 1 is 1.43 bits per heavy atom. The molecule has 2 amide bonds. The lowest BCUT2D eigenvalue weighted by Gasteiger charge is -2.28. The third kappa shape index (κ3) is 3.65. The number of fused-ring (bicyclic) bond motifs is 1. The Balaban J connectivity index is 2.18. The predicted octanol–water partition coefficient (Wildman–Crippen LogP) is 2.78. The summed E-state index contributed by atoms with van der Waals surface area (Å²) in [5.74, 6) is 0.533. The highest BCUT2D eigenvalue weighted by Crippen LogP contribution is 2.34. The first-order valence-electron chi connectivity index (χ1n) is 6.87. The summed E-state index contributed by atoms with van der Waals surface area (Å²) in [6, 6.07) is 5.16. The number of ether oxygens (including phenoxy) is 2. The molecule has 1 aliphatic rings. The van der Waals surface area contributed by atoms with Gasteiger partial charge in [-0.1, -0.05) is 0 Å². The molecule has 114 valence electrons. The van der Waals surface area contributed by atoms with Crippen LogP contribution in [0.3, 0.4) is 0 Å². The second-order valence-electron chi connectivity index (χ2n) is 5.74. The number of nitrogens with one attached hydrogen (secondary N) is 1. The summed E-state index contributed by atoms with van der Waals surface area (Å²) < 4.78 is 10.6. The molecule has 0 atom stereocenters. The zero-order valence-electron chi connectivity index (χ0n) is 12.7. The number of nitrogens with zero attached hydrogens (tertiary/aromatic N) is 1. The highest BCUT2D eigenvalue weighted by Gasteiger charge is 2.25. The summed E-state index contributed by atoms with van der Waals surface area (Å²) in [5.41, 5.74) is 0.648. The molecule has 0 radical (unpaired) electrons. The van der Waals surface area contributed by atoms with E-state index in [1.807, 2.05) is 6.92 Å². The van der Waals surface area contributed by atoms with Crippen molar-refractivity contribution in [3.05, 3.63) is 18.2 Å². The van der Waals surface area contributed by atoms with Crippen LogP contribution in [0.2, 0.25) is 0 Å². The minimum absolute atomic E-state index is 0.0414. The van der Waals surface area contributed by atoms with E-state index in [9.17, 15) is 9.59 Å². The molecular formula is C15H20N2O4. The summed E-state index contributed by atoms with van der Waals surface area (Å²) in [7, 11) is 0. The maximum absolute atomic E-state index is 11.8. The van der Waals surface area contributed by atoms with Gasteiger partial charge in [0.15, 0.2) is 6.61 Å². The topological polar surface area (TPSA) is 67.9 Å². The van der Waals surface area contributed by atoms with Crippen LogP contribution in [0.25, 0.3) is 0 Å². The van der Waals surface area contributed by atoms with Crippen LogP contribution in [-0.2, 0) is 9.53 Å². The molecule has 0 unspecified atom stereocenters. The maximum Gasteiger partial charge on any atom is 0.412 e. The van der Waals surface area contributed by atoms with Crippen LogP contribution in [-0.4, -0.2) is 30.8 Å². The summed E-state index contributed by atoms with van der Waals surface area (Å²) in [4.78, 5) is 25.2. The van der Waals surface area contributed by atoms with Gasteiger partial charge < -0.3 is 14.4 Å². The van der Waals surface area contributed by atoms with Crippen molar-refractivity contribution < 1.29 is 19.1 Å². The Hall–Kier alpha value is -2.24. The predicted molar refractivity (Wildman–Crippen MR) is 79.8 cm³/mol. The molecule has 1 aliphatic heterocycles. The summed E-state index contributed by atoms with van der Waals surface area (Å²) >= 11 is 0. The van der Waals surface area contributed by atoms with Crippen molar-refractivity contribution in [2.75, 3.05) is 23.4 Å². The fourth-order valence-electron chi connectivity index (χ4n) is 2.05. The van der Waals surface area contributed by atoms with Gasteiger partial charge in [-0.25, -0.2) is 4.79 Å². The average Bonchev–Trinajstić information content (AvgIpc) is 2.36. The van der Waals surface area contributed by atoms with E-state index in [1.165, 1.54) is 0 Å². The second-order valence-corrected chi connectivity index (χ2v) is 5.74. The van der Waals surface area contributed by atoms with Gasteiger partial charge in [-0.3, -0.25) is 10.1 Å². The number of benzene rings is 1. The van der Waals surface area contributed by atoms with E-state index < -0.39 is 11.7 Å². The van der Waals surface area contributed by atoms with Crippen molar-refractivity contribution in [1.29, 1.82) is 0 Å². The fraction of sp³-hybridized carbons (Fsp3) is 0.467. The molecule has 0 aliphatic carbocycles. The highest BCUT2D eigenvalue weighted by atomic mass is 16.6. The number of likely N-dealkylation sites (N-methyl/N-ethyl adjacent to an activating group) is 1. The van der Waals surface area contributed by atoms with E-state index in [2.05, 4.69) is 5.32 Å². The minimum atomic E-state index is -0.563. The average molecular weight is 292 g/mol. The number of rotatable bonds is 2. The molecule has 0 saturated heterocycles. The van der Waals surface area contributed by atoms with E-state index in [-0.39, 0.29) is 12.5 Å². The molecule has 6 heteroatoms. The van der Waals surface area contributed by atoms with E-state index in [0.29, 0.717) is 23.7 Å². The van der Waals surface area contributed by atoms with Crippen molar-refractivity contribution in [2.45, 2.75) is 33.3 Å². The maximum atomic E-state index is 11.8. The Labute approximate surface area is 124 Å². The SMILES string of the molecule is CCN1C(=O)COc2ccc(NC(=O)OC(C)(C)C)cc21. The molecule has 0 bridgehead atoms. The monoisotopic (exact) mass is 292 g/mol. The van der Waals surface area contributed by atoms with Gasteiger partial charge in [-0.05, 0) is 45.9 Å². The lowest BCUT2D eigenvalue weighted by molar-refractivity contribution is -0.121. The number of carbonyl (C=O) groups is 2. The van der Waals surface area contributed by atoms with Crippen LogP contribution in [0.1, 0.15) is 27.7 Å². The van der Waals surface area contributed by atoms with E-state index in [1.54, 1.807) is 43.9 Å². The zero-order valence-corrected chi connectivity index (χ0v) is 12.7. The number of hydrogen-bond donors (Lipinski definition) is 1. The molecule has 1 aromatic carbocycles. The first-order valence-corrected chi connectivity index (χ1v) is 6.87. The highest BCUT2D eigenvalue weighted by molar-refractivity contribution is 5.99. The van der Waals surface area contributed by atoms with Crippen molar-refractivity contribution >= 4 is 23.4 Å². The van der Waals surface area contributed by atoms with Gasteiger partial charge in [0.05, 0.1) is 5.69 Å². The third-order valence-corrected chi connectivity index (χ3v) is 2.86. The lowest BCUT2D eigenvalue weighted by Crippen LogP contribution is -2.38. The molecule has 1 heterocycles. The molecule has 0 aromatic heterocycles. The molecule has 0 spiro atoms. The van der Waals surface area contributed by atoms with Gasteiger partial charge in [0.1, 0.15) is 11.4 Å².